The van der Waals surface area contributed by atoms with E-state index in [1.807, 2.05) is 12.3 Å². The van der Waals surface area contributed by atoms with Gasteiger partial charge in [-0.3, -0.25) is 16.3 Å². The lowest BCUT2D eigenvalue weighted by Gasteiger charge is -2.43. The van der Waals surface area contributed by atoms with Gasteiger partial charge in [0.25, 0.3) is 0 Å². The number of anilines is 1. The molecule has 5 N–H and O–H groups in total. The maximum atomic E-state index is 6.02. The van der Waals surface area contributed by atoms with Crippen molar-refractivity contribution in [2.45, 2.75) is 43.7 Å². The largest absolute Gasteiger partial charge is 0.398 e. The number of likely N-dealkylation sites (N-methyl/N-ethyl adjacent to an activating group) is 1. The summed E-state index contributed by atoms with van der Waals surface area (Å²) in [4.78, 5) is 6.48. The highest BCUT2D eigenvalue weighted by molar-refractivity contribution is 5.45. The first-order valence-corrected chi connectivity index (χ1v) is 6.92. The molecule has 5 nitrogen and oxygen atoms in total. The number of nitrogen functional groups attached to an aromatic ring is 1. The fourth-order valence-corrected chi connectivity index (χ4v) is 3.33. The summed E-state index contributed by atoms with van der Waals surface area (Å²) in [6, 6.07) is 2.04. The molecule has 1 unspecified atom stereocenters. The number of nitrogens with one attached hydrogen (secondary N) is 1. The maximum absolute atomic E-state index is 6.02. The third-order valence-electron chi connectivity index (χ3n) is 4.58. The average Bonchev–Trinajstić information content (AvgIpc) is 2.88. The standard InChI is InChI=1S/C14H25N5/c1-19(2)14(6-3-4-7-14)13(18-16)9-11-10-17-8-5-12(11)15/h5,8,10,13,18H,3-4,6-7,9,16H2,1-2H3,(H2,15,17). The lowest BCUT2D eigenvalue weighted by molar-refractivity contribution is 0.104. The molecule has 106 valence electrons. The molecular weight excluding hydrogens is 238 g/mol. The van der Waals surface area contributed by atoms with E-state index < -0.39 is 0 Å². The predicted molar refractivity (Wildman–Crippen MR) is 78.4 cm³/mol. The summed E-state index contributed by atoms with van der Waals surface area (Å²) < 4.78 is 0. The van der Waals surface area contributed by atoms with Crippen molar-refractivity contribution < 1.29 is 0 Å². The van der Waals surface area contributed by atoms with E-state index in [0.29, 0.717) is 0 Å². The van der Waals surface area contributed by atoms with Crippen molar-refractivity contribution in [3.63, 3.8) is 0 Å². The van der Waals surface area contributed by atoms with Crippen molar-refractivity contribution in [1.29, 1.82) is 0 Å². The molecule has 1 heterocycles. The summed E-state index contributed by atoms with van der Waals surface area (Å²) in [7, 11) is 4.28. The minimum atomic E-state index is 0.122. The topological polar surface area (TPSA) is 80.2 Å². The normalized spacial score (nSPS) is 19.8. The fraction of sp³-hybridized carbons (Fsp3) is 0.643. The van der Waals surface area contributed by atoms with E-state index >= 15 is 0 Å². The highest BCUT2D eigenvalue weighted by Crippen LogP contribution is 2.37. The Labute approximate surface area is 115 Å². The van der Waals surface area contributed by atoms with Crippen LogP contribution in [0.3, 0.4) is 0 Å². The van der Waals surface area contributed by atoms with Crippen LogP contribution < -0.4 is 17.0 Å². The van der Waals surface area contributed by atoms with E-state index in [2.05, 4.69) is 29.4 Å². The van der Waals surface area contributed by atoms with E-state index in [4.69, 9.17) is 11.6 Å². The second-order valence-electron chi connectivity index (χ2n) is 5.70. The molecule has 0 spiro atoms. The van der Waals surface area contributed by atoms with Gasteiger partial charge in [0.15, 0.2) is 0 Å². The van der Waals surface area contributed by atoms with Crippen molar-refractivity contribution in [3.05, 3.63) is 24.0 Å². The molecule has 1 aromatic heterocycles. The Bertz CT molecular complexity index is 412. The maximum Gasteiger partial charge on any atom is 0.0436 e. The Hall–Kier alpha value is -1.17. The molecule has 1 atom stereocenters. The molecule has 1 fully saturated rings. The molecular formula is C14H25N5. The van der Waals surface area contributed by atoms with Gasteiger partial charge in [0.05, 0.1) is 0 Å². The highest BCUT2D eigenvalue weighted by Gasteiger charge is 2.42. The van der Waals surface area contributed by atoms with Gasteiger partial charge in [0.1, 0.15) is 0 Å². The molecule has 1 saturated carbocycles. The fourth-order valence-electron chi connectivity index (χ4n) is 3.33. The summed E-state index contributed by atoms with van der Waals surface area (Å²) in [6.07, 6.45) is 9.26. The van der Waals surface area contributed by atoms with Gasteiger partial charge in [0, 0.05) is 29.7 Å². The Morgan fingerprint density at radius 1 is 1.42 bits per heavy atom. The Morgan fingerprint density at radius 2 is 2.11 bits per heavy atom. The highest BCUT2D eigenvalue weighted by atomic mass is 15.3. The minimum absolute atomic E-state index is 0.122. The molecule has 1 aliphatic carbocycles. The van der Waals surface area contributed by atoms with Crippen LogP contribution >= 0.6 is 0 Å². The quantitative estimate of drug-likeness (QED) is 0.543. The molecule has 0 aliphatic heterocycles. The van der Waals surface area contributed by atoms with Gasteiger partial charge in [-0.25, -0.2) is 0 Å². The lowest BCUT2D eigenvalue weighted by atomic mass is 9.83. The molecule has 2 rings (SSSR count). The van der Waals surface area contributed by atoms with Crippen LogP contribution in [0.2, 0.25) is 0 Å². The van der Waals surface area contributed by atoms with Crippen LogP contribution in [-0.4, -0.2) is 35.6 Å². The van der Waals surface area contributed by atoms with Crippen molar-refractivity contribution >= 4 is 5.69 Å². The van der Waals surface area contributed by atoms with E-state index in [-0.39, 0.29) is 11.6 Å². The molecule has 1 aromatic rings. The van der Waals surface area contributed by atoms with Gasteiger partial charge in [-0.15, -0.1) is 0 Å². The van der Waals surface area contributed by atoms with Gasteiger partial charge in [-0.05, 0) is 45.0 Å². The molecule has 1 aliphatic rings. The second-order valence-corrected chi connectivity index (χ2v) is 5.70. The molecule has 0 aromatic carbocycles. The Morgan fingerprint density at radius 3 is 2.63 bits per heavy atom. The van der Waals surface area contributed by atoms with Gasteiger partial charge in [0.2, 0.25) is 0 Å². The monoisotopic (exact) mass is 263 g/mol. The summed E-state index contributed by atoms with van der Waals surface area (Å²) in [5.41, 5.74) is 11.0. The number of pyridine rings is 1. The SMILES string of the molecule is CN(C)C1(C(Cc2cnccc2N)NN)CCCC1. The third-order valence-corrected chi connectivity index (χ3v) is 4.58. The van der Waals surface area contributed by atoms with Crippen LogP contribution in [0.1, 0.15) is 31.2 Å². The van der Waals surface area contributed by atoms with E-state index in [9.17, 15) is 0 Å². The van der Waals surface area contributed by atoms with Crippen molar-refractivity contribution in [2.24, 2.45) is 5.84 Å². The van der Waals surface area contributed by atoms with Gasteiger partial charge in [-0.2, -0.15) is 0 Å². The minimum Gasteiger partial charge on any atom is -0.398 e. The van der Waals surface area contributed by atoms with Gasteiger partial charge >= 0.3 is 0 Å². The lowest BCUT2D eigenvalue weighted by Crippen LogP contribution is -2.60. The van der Waals surface area contributed by atoms with Crippen LogP contribution in [0.25, 0.3) is 0 Å². The number of nitrogens with two attached hydrogens (primary N) is 2. The van der Waals surface area contributed by atoms with Gasteiger partial charge in [-0.1, -0.05) is 12.8 Å². The van der Waals surface area contributed by atoms with Crippen LogP contribution in [0, 0.1) is 0 Å². The number of rotatable bonds is 5. The first-order valence-electron chi connectivity index (χ1n) is 6.92. The zero-order chi connectivity index (χ0) is 13.9. The van der Waals surface area contributed by atoms with E-state index in [0.717, 1.165) is 17.7 Å². The van der Waals surface area contributed by atoms with Crippen LogP contribution in [0.5, 0.6) is 0 Å². The Balaban J connectivity index is 2.22. The first kappa shape index (κ1) is 14.2. The zero-order valence-electron chi connectivity index (χ0n) is 11.9. The first-order chi connectivity index (χ1) is 9.10. The van der Waals surface area contributed by atoms with Crippen LogP contribution in [-0.2, 0) is 6.42 Å². The van der Waals surface area contributed by atoms with Crippen molar-refractivity contribution in [3.8, 4) is 0 Å². The molecule has 5 heteroatoms. The summed E-state index contributed by atoms with van der Waals surface area (Å²) in [6.45, 7) is 0. The number of hydrogen-bond donors (Lipinski definition) is 3. The summed E-state index contributed by atoms with van der Waals surface area (Å²) in [5.74, 6) is 5.84. The molecule has 0 amide bonds. The number of hydrazine groups is 1. The van der Waals surface area contributed by atoms with Gasteiger partial charge < -0.3 is 10.6 Å². The predicted octanol–water partition coefficient (Wildman–Crippen LogP) is 0.913. The van der Waals surface area contributed by atoms with Crippen molar-refractivity contribution in [1.82, 2.24) is 15.3 Å². The average molecular weight is 263 g/mol. The molecule has 19 heavy (non-hydrogen) atoms. The Kier molecular flexibility index (Phi) is 4.39. The second kappa shape index (κ2) is 5.86. The summed E-state index contributed by atoms with van der Waals surface area (Å²) >= 11 is 0. The molecule has 0 bridgehead atoms. The summed E-state index contributed by atoms with van der Waals surface area (Å²) in [5, 5.41) is 0. The number of aromatic nitrogens is 1. The number of hydrogen-bond acceptors (Lipinski definition) is 5. The van der Waals surface area contributed by atoms with E-state index in [1.54, 1.807) is 6.20 Å². The van der Waals surface area contributed by atoms with Crippen LogP contribution in [0.15, 0.2) is 18.5 Å². The van der Waals surface area contributed by atoms with Crippen molar-refractivity contribution in [2.75, 3.05) is 19.8 Å². The smallest absolute Gasteiger partial charge is 0.0436 e. The third kappa shape index (κ3) is 2.73. The van der Waals surface area contributed by atoms with Crippen LogP contribution in [0.4, 0.5) is 5.69 Å². The zero-order valence-corrected chi connectivity index (χ0v) is 11.9. The van der Waals surface area contributed by atoms with E-state index in [1.165, 1.54) is 25.7 Å². The molecule has 0 radical (unpaired) electrons. The number of nitrogens with zero attached hydrogens (tertiary/aromatic N) is 2. The molecule has 0 saturated heterocycles.